The van der Waals surface area contributed by atoms with Crippen molar-refractivity contribution in [1.29, 1.82) is 0 Å². The number of nitro groups is 2. The Kier molecular flexibility index (Phi) is 6.43. The molecule has 0 aromatic rings. The fourth-order valence-corrected chi connectivity index (χ4v) is 3.98. The third-order valence-corrected chi connectivity index (χ3v) is 5.32. The molecule has 0 heterocycles. The molecule has 2 saturated carbocycles. The van der Waals surface area contributed by atoms with Gasteiger partial charge in [-0.05, 0) is 25.7 Å². The van der Waals surface area contributed by atoms with E-state index in [1.807, 2.05) is 0 Å². The summed E-state index contributed by atoms with van der Waals surface area (Å²) in [5.41, 5.74) is 0. The van der Waals surface area contributed by atoms with Gasteiger partial charge in [-0.15, -0.1) is 0 Å². The molecular formula is C12H21N2O7P. The van der Waals surface area contributed by atoms with Crippen LogP contribution in [-0.2, 0) is 9.05 Å². The predicted octanol–water partition coefficient (Wildman–Crippen LogP) is 2.41. The Morgan fingerprint density at radius 1 is 0.773 bits per heavy atom. The van der Waals surface area contributed by atoms with Crippen LogP contribution < -0.4 is 0 Å². The van der Waals surface area contributed by atoms with E-state index in [0.717, 1.165) is 0 Å². The molecule has 2 fully saturated rings. The molecule has 1 N–H and O–H groups in total. The van der Waals surface area contributed by atoms with Crippen LogP contribution in [0.5, 0.6) is 0 Å². The van der Waals surface area contributed by atoms with Crippen LogP contribution in [0.15, 0.2) is 0 Å². The molecule has 22 heavy (non-hydrogen) atoms. The lowest BCUT2D eigenvalue weighted by Gasteiger charge is -2.28. The molecule has 0 radical (unpaired) electrons. The fourth-order valence-electron chi connectivity index (χ4n) is 3.00. The van der Waals surface area contributed by atoms with Gasteiger partial charge in [0.25, 0.3) is 0 Å². The quantitative estimate of drug-likeness (QED) is 0.448. The summed E-state index contributed by atoms with van der Waals surface area (Å²) < 4.78 is 10.9. The van der Waals surface area contributed by atoms with Gasteiger partial charge >= 0.3 is 8.60 Å². The summed E-state index contributed by atoms with van der Waals surface area (Å²) >= 11 is 0. The van der Waals surface area contributed by atoms with E-state index in [4.69, 9.17) is 9.05 Å². The van der Waals surface area contributed by atoms with E-state index >= 15 is 0 Å². The second-order valence-electron chi connectivity index (χ2n) is 5.88. The monoisotopic (exact) mass is 336 g/mol. The van der Waals surface area contributed by atoms with Gasteiger partial charge in [0.2, 0.25) is 12.1 Å². The first kappa shape index (κ1) is 17.5. The van der Waals surface area contributed by atoms with Crippen molar-refractivity contribution in [3.05, 3.63) is 20.2 Å². The summed E-state index contributed by atoms with van der Waals surface area (Å²) in [5.74, 6) is 0. The summed E-state index contributed by atoms with van der Waals surface area (Å²) in [5, 5.41) is 21.3. The van der Waals surface area contributed by atoms with Gasteiger partial charge < -0.3 is 13.9 Å². The van der Waals surface area contributed by atoms with Gasteiger partial charge in [-0.3, -0.25) is 20.2 Å². The molecule has 0 aromatic carbocycles. The second-order valence-corrected chi connectivity index (χ2v) is 6.78. The van der Waals surface area contributed by atoms with Crippen molar-refractivity contribution in [3.8, 4) is 0 Å². The van der Waals surface area contributed by atoms with Gasteiger partial charge in [0.15, 0.2) is 0 Å². The lowest BCUT2D eigenvalue weighted by atomic mass is 9.94. The van der Waals surface area contributed by atoms with E-state index in [9.17, 15) is 25.1 Å². The third-order valence-electron chi connectivity index (χ3n) is 4.36. The molecular weight excluding hydrogens is 315 g/mol. The van der Waals surface area contributed by atoms with Crippen LogP contribution in [-0.4, -0.2) is 39.0 Å². The van der Waals surface area contributed by atoms with Gasteiger partial charge in [0, 0.05) is 35.5 Å². The van der Waals surface area contributed by atoms with Crippen LogP contribution in [0.1, 0.15) is 51.4 Å². The maximum absolute atomic E-state index is 10.7. The van der Waals surface area contributed by atoms with Crippen LogP contribution >= 0.6 is 8.60 Å². The zero-order valence-electron chi connectivity index (χ0n) is 12.2. The summed E-state index contributed by atoms with van der Waals surface area (Å²) in [7, 11) is -2.03. The Balaban J connectivity index is 1.65. The smallest absolute Gasteiger partial charge is 0.328 e. The molecule has 9 nitrogen and oxygen atoms in total. The standard InChI is InChI=1S/C12H21N2O7P/c15-13(16)9-1-5-11(6-2-9)20-22(19)21-12-7-3-10(4-8-12)14(17)18/h9-12,19H,1-8H2. The lowest BCUT2D eigenvalue weighted by Crippen LogP contribution is -2.30. The van der Waals surface area contributed by atoms with Gasteiger partial charge in [-0.25, -0.2) is 0 Å². The number of hydrogen-bond acceptors (Lipinski definition) is 7. The molecule has 0 spiro atoms. The molecule has 2 aliphatic rings. The largest absolute Gasteiger partial charge is 0.330 e. The second kappa shape index (κ2) is 8.10. The van der Waals surface area contributed by atoms with E-state index in [1.54, 1.807) is 0 Å². The first-order chi connectivity index (χ1) is 10.5. The molecule has 0 atom stereocenters. The topological polar surface area (TPSA) is 125 Å². The summed E-state index contributed by atoms with van der Waals surface area (Å²) in [6, 6.07) is -1.02. The minimum Gasteiger partial charge on any atom is -0.328 e. The highest BCUT2D eigenvalue weighted by atomic mass is 31.2. The van der Waals surface area contributed by atoms with Crippen molar-refractivity contribution in [2.75, 3.05) is 0 Å². The first-order valence-electron chi connectivity index (χ1n) is 7.55. The number of hydrogen-bond donors (Lipinski definition) is 1. The third kappa shape index (κ3) is 5.08. The molecule has 0 unspecified atom stereocenters. The van der Waals surface area contributed by atoms with E-state index < -0.39 is 20.7 Å². The Morgan fingerprint density at radius 2 is 1.09 bits per heavy atom. The zero-order valence-corrected chi connectivity index (χ0v) is 13.1. The van der Waals surface area contributed by atoms with Crippen molar-refractivity contribution in [3.63, 3.8) is 0 Å². The predicted molar refractivity (Wildman–Crippen MR) is 77.4 cm³/mol. The Bertz CT molecular complexity index is 359. The van der Waals surface area contributed by atoms with Crippen molar-refractivity contribution in [1.82, 2.24) is 0 Å². The average Bonchev–Trinajstić information content (AvgIpc) is 2.48. The van der Waals surface area contributed by atoms with E-state index in [-0.39, 0.29) is 22.1 Å². The Hall–Kier alpha value is -0.890. The highest BCUT2D eigenvalue weighted by Gasteiger charge is 2.33. The number of nitrogens with zero attached hydrogens (tertiary/aromatic N) is 2. The van der Waals surface area contributed by atoms with Crippen LogP contribution in [0.3, 0.4) is 0 Å². The van der Waals surface area contributed by atoms with E-state index in [0.29, 0.717) is 51.4 Å². The normalized spacial score (nSPS) is 34.0. The summed E-state index contributed by atoms with van der Waals surface area (Å²) in [4.78, 5) is 30.7. The highest BCUT2D eigenvalue weighted by molar-refractivity contribution is 7.40. The van der Waals surface area contributed by atoms with Crippen molar-refractivity contribution < 1.29 is 23.8 Å². The fraction of sp³-hybridized carbons (Fsp3) is 1.00. The molecule has 126 valence electrons. The molecule has 0 aliphatic heterocycles. The van der Waals surface area contributed by atoms with Crippen molar-refractivity contribution >= 4 is 8.60 Å². The van der Waals surface area contributed by atoms with E-state index in [2.05, 4.69) is 0 Å². The number of rotatable bonds is 6. The minimum absolute atomic E-state index is 0.206. The van der Waals surface area contributed by atoms with Gasteiger partial charge in [0.05, 0.1) is 12.2 Å². The average molecular weight is 336 g/mol. The maximum Gasteiger partial charge on any atom is 0.330 e. The first-order valence-corrected chi connectivity index (χ1v) is 8.68. The van der Waals surface area contributed by atoms with Crippen molar-refractivity contribution in [2.45, 2.75) is 75.7 Å². The molecule has 0 saturated heterocycles. The summed E-state index contributed by atoms with van der Waals surface area (Å²) in [6.07, 6.45) is 3.58. The molecule has 0 amide bonds. The van der Waals surface area contributed by atoms with Crippen LogP contribution in [0.2, 0.25) is 0 Å². The molecule has 0 aromatic heterocycles. The van der Waals surface area contributed by atoms with Gasteiger partial charge in [-0.1, -0.05) is 0 Å². The van der Waals surface area contributed by atoms with Gasteiger partial charge in [-0.2, -0.15) is 0 Å². The molecule has 0 bridgehead atoms. The SMILES string of the molecule is O=[N+]([O-])C1CCC(OP(O)OC2CCC([N+](=O)[O-])CC2)CC1. The van der Waals surface area contributed by atoms with E-state index in [1.165, 1.54) is 0 Å². The van der Waals surface area contributed by atoms with Crippen LogP contribution in [0, 0.1) is 20.2 Å². The van der Waals surface area contributed by atoms with Crippen LogP contribution in [0.25, 0.3) is 0 Å². The zero-order chi connectivity index (χ0) is 16.1. The minimum atomic E-state index is -2.03. The molecule has 2 aliphatic carbocycles. The molecule has 10 heteroatoms. The highest BCUT2D eigenvalue weighted by Crippen LogP contribution is 2.42. The Morgan fingerprint density at radius 3 is 1.36 bits per heavy atom. The maximum atomic E-state index is 10.7. The Labute approximate surface area is 129 Å². The van der Waals surface area contributed by atoms with Crippen LogP contribution in [0.4, 0.5) is 0 Å². The van der Waals surface area contributed by atoms with Gasteiger partial charge in [0.1, 0.15) is 0 Å². The van der Waals surface area contributed by atoms with Crippen molar-refractivity contribution in [2.24, 2.45) is 0 Å². The summed E-state index contributed by atoms with van der Waals surface area (Å²) in [6.45, 7) is 0. The lowest BCUT2D eigenvalue weighted by molar-refractivity contribution is -0.527. The molecule has 2 rings (SSSR count).